The van der Waals surface area contributed by atoms with Gasteiger partial charge in [0.25, 0.3) is 0 Å². The van der Waals surface area contributed by atoms with E-state index in [1.807, 2.05) is 18.2 Å². The summed E-state index contributed by atoms with van der Waals surface area (Å²) >= 11 is 0. The Balaban J connectivity index is 1.72. The minimum atomic E-state index is -3.68. The molecule has 7 nitrogen and oxygen atoms in total. The van der Waals surface area contributed by atoms with Crippen LogP contribution in [0.25, 0.3) is 10.9 Å². The van der Waals surface area contributed by atoms with Crippen LogP contribution in [0.5, 0.6) is 5.75 Å². The van der Waals surface area contributed by atoms with E-state index in [1.54, 1.807) is 24.4 Å². The van der Waals surface area contributed by atoms with Gasteiger partial charge in [0.05, 0.1) is 17.0 Å². The number of aromatic nitrogens is 1. The molecule has 160 valence electrons. The quantitative estimate of drug-likeness (QED) is 0.465. The fourth-order valence-electron chi connectivity index (χ4n) is 3.04. The summed E-state index contributed by atoms with van der Waals surface area (Å²) in [5, 5.41) is 9.78. The number of sulfone groups is 1. The summed E-state index contributed by atoms with van der Waals surface area (Å²) in [5.41, 5.74) is 1.48. The minimum absolute atomic E-state index is 0.0149. The number of aryl methyl sites for hydroxylation is 1. The van der Waals surface area contributed by atoms with Gasteiger partial charge in [-0.3, -0.25) is 4.79 Å². The standard InChI is InChI=1S/C22H25NO6S/c1-2-3-14-28-18-9-11-19(12-10-18)30(26,27)16-29-23-15-17(8-13-22(24)25)20-6-4-5-7-21(20)23/h4-7,9-12,15H,2-3,8,13-14,16H2,1H3,(H,24,25). The second kappa shape index (κ2) is 9.67. The molecule has 0 saturated heterocycles. The predicted molar refractivity (Wildman–Crippen MR) is 113 cm³/mol. The summed E-state index contributed by atoms with van der Waals surface area (Å²) in [4.78, 5) is 16.6. The van der Waals surface area contributed by atoms with Crippen LogP contribution in [0.2, 0.25) is 0 Å². The summed E-state index contributed by atoms with van der Waals surface area (Å²) < 4.78 is 32.3. The first-order chi connectivity index (χ1) is 14.4. The van der Waals surface area contributed by atoms with E-state index in [0.717, 1.165) is 23.8 Å². The SMILES string of the molecule is CCCCOc1ccc(S(=O)(=O)COn2cc(CCC(=O)O)c3ccccc32)cc1. The molecule has 30 heavy (non-hydrogen) atoms. The van der Waals surface area contributed by atoms with Crippen LogP contribution in [0.1, 0.15) is 31.7 Å². The van der Waals surface area contributed by atoms with Gasteiger partial charge in [0.1, 0.15) is 5.75 Å². The molecule has 0 aliphatic carbocycles. The van der Waals surface area contributed by atoms with Gasteiger partial charge in [-0.25, -0.2) is 8.42 Å². The Hall–Kier alpha value is -3.00. The molecule has 0 saturated carbocycles. The molecule has 0 atom stereocenters. The molecule has 0 fully saturated rings. The maximum atomic E-state index is 12.7. The Labute approximate surface area is 175 Å². The van der Waals surface area contributed by atoms with E-state index in [4.69, 9.17) is 14.7 Å². The number of carboxylic acid groups (broad SMARTS) is 1. The smallest absolute Gasteiger partial charge is 0.303 e. The van der Waals surface area contributed by atoms with Gasteiger partial charge in [0, 0.05) is 18.0 Å². The first-order valence-corrected chi connectivity index (χ1v) is 11.5. The zero-order valence-electron chi connectivity index (χ0n) is 16.8. The highest BCUT2D eigenvalue weighted by atomic mass is 32.2. The number of rotatable bonds is 11. The van der Waals surface area contributed by atoms with Crippen LogP contribution in [-0.2, 0) is 21.1 Å². The number of ether oxygens (including phenoxy) is 1. The summed E-state index contributed by atoms with van der Waals surface area (Å²) in [6, 6.07) is 13.6. The molecule has 8 heteroatoms. The lowest BCUT2D eigenvalue weighted by Gasteiger charge is -2.10. The van der Waals surface area contributed by atoms with Crippen LogP contribution in [0.4, 0.5) is 0 Å². The third kappa shape index (κ3) is 5.33. The number of carbonyl (C=O) groups is 1. The van der Waals surface area contributed by atoms with Gasteiger partial charge in [-0.05, 0) is 48.7 Å². The third-order valence-electron chi connectivity index (χ3n) is 4.67. The summed E-state index contributed by atoms with van der Waals surface area (Å²) in [6.07, 6.45) is 3.92. The van der Waals surface area contributed by atoms with Gasteiger partial charge >= 0.3 is 5.97 Å². The molecule has 2 aromatic carbocycles. The maximum absolute atomic E-state index is 12.7. The van der Waals surface area contributed by atoms with Crippen molar-refractivity contribution in [3.05, 3.63) is 60.3 Å². The van der Waals surface area contributed by atoms with Crippen molar-refractivity contribution in [1.82, 2.24) is 4.73 Å². The van der Waals surface area contributed by atoms with Crippen molar-refractivity contribution in [3.63, 3.8) is 0 Å². The number of hydrogen-bond donors (Lipinski definition) is 1. The van der Waals surface area contributed by atoms with Crippen LogP contribution in [0.15, 0.2) is 59.6 Å². The maximum Gasteiger partial charge on any atom is 0.303 e. The van der Waals surface area contributed by atoms with Crippen molar-refractivity contribution in [2.75, 3.05) is 12.5 Å². The molecule has 0 aliphatic rings. The van der Waals surface area contributed by atoms with Gasteiger partial charge in [-0.2, -0.15) is 4.73 Å². The molecule has 0 aliphatic heterocycles. The van der Waals surface area contributed by atoms with Crippen molar-refractivity contribution < 1.29 is 27.9 Å². The summed E-state index contributed by atoms with van der Waals surface area (Å²) in [6.45, 7) is 2.67. The molecule has 0 unspecified atom stereocenters. The third-order valence-corrected chi connectivity index (χ3v) is 6.07. The van der Waals surface area contributed by atoms with E-state index in [0.29, 0.717) is 24.3 Å². The van der Waals surface area contributed by atoms with E-state index >= 15 is 0 Å². The number of unbranched alkanes of at least 4 members (excludes halogenated alkanes) is 1. The van der Waals surface area contributed by atoms with E-state index in [2.05, 4.69) is 6.92 Å². The Bertz CT molecular complexity index is 1100. The number of para-hydroxylation sites is 1. The lowest BCUT2D eigenvalue weighted by Crippen LogP contribution is -2.19. The molecular weight excluding hydrogens is 406 g/mol. The first-order valence-electron chi connectivity index (χ1n) is 9.80. The fraction of sp³-hybridized carbons (Fsp3) is 0.318. The lowest BCUT2D eigenvalue weighted by molar-refractivity contribution is -0.136. The number of fused-ring (bicyclic) bond motifs is 1. The molecule has 3 aromatic rings. The molecule has 0 radical (unpaired) electrons. The number of aliphatic carboxylic acids is 1. The minimum Gasteiger partial charge on any atom is -0.494 e. The highest BCUT2D eigenvalue weighted by Crippen LogP contribution is 2.23. The van der Waals surface area contributed by atoms with Crippen LogP contribution in [0, 0.1) is 0 Å². The number of hydrogen-bond acceptors (Lipinski definition) is 5. The Morgan fingerprint density at radius 1 is 1.10 bits per heavy atom. The average Bonchev–Trinajstić information content (AvgIpc) is 3.09. The lowest BCUT2D eigenvalue weighted by atomic mass is 10.1. The van der Waals surface area contributed by atoms with E-state index in [1.165, 1.54) is 16.9 Å². The summed E-state index contributed by atoms with van der Waals surface area (Å²) in [5.74, 6) is -0.805. The molecule has 1 heterocycles. The number of carboxylic acids is 1. The highest BCUT2D eigenvalue weighted by molar-refractivity contribution is 7.91. The second-order valence-electron chi connectivity index (χ2n) is 6.93. The first kappa shape index (κ1) is 21.7. The Morgan fingerprint density at radius 2 is 1.83 bits per heavy atom. The van der Waals surface area contributed by atoms with Crippen molar-refractivity contribution in [2.45, 2.75) is 37.5 Å². The topological polar surface area (TPSA) is 94.8 Å². The summed E-state index contributed by atoms with van der Waals surface area (Å²) in [7, 11) is -3.68. The van der Waals surface area contributed by atoms with Gasteiger partial charge in [0.2, 0.25) is 15.8 Å². The van der Waals surface area contributed by atoms with Gasteiger partial charge in [-0.15, -0.1) is 0 Å². The van der Waals surface area contributed by atoms with Gasteiger partial charge < -0.3 is 14.7 Å². The molecule has 1 N–H and O–H groups in total. The second-order valence-corrected chi connectivity index (χ2v) is 8.86. The average molecular weight is 432 g/mol. The fourth-order valence-corrected chi connectivity index (χ4v) is 3.98. The highest BCUT2D eigenvalue weighted by Gasteiger charge is 2.18. The predicted octanol–water partition coefficient (Wildman–Crippen LogP) is 3.70. The van der Waals surface area contributed by atoms with E-state index in [-0.39, 0.29) is 11.3 Å². The molecule has 1 aromatic heterocycles. The largest absolute Gasteiger partial charge is 0.494 e. The molecule has 3 rings (SSSR count). The zero-order chi connectivity index (χ0) is 21.6. The zero-order valence-corrected chi connectivity index (χ0v) is 17.6. The molecule has 0 spiro atoms. The van der Waals surface area contributed by atoms with Crippen LogP contribution < -0.4 is 9.57 Å². The Morgan fingerprint density at radius 3 is 2.53 bits per heavy atom. The number of benzene rings is 2. The van der Waals surface area contributed by atoms with E-state index in [9.17, 15) is 13.2 Å². The van der Waals surface area contributed by atoms with Crippen LogP contribution in [0.3, 0.4) is 0 Å². The van der Waals surface area contributed by atoms with Crippen molar-refractivity contribution >= 4 is 26.7 Å². The van der Waals surface area contributed by atoms with Crippen LogP contribution in [-0.4, -0.2) is 36.8 Å². The Kier molecular flexibility index (Phi) is 6.99. The van der Waals surface area contributed by atoms with Gasteiger partial charge in [-0.1, -0.05) is 31.5 Å². The van der Waals surface area contributed by atoms with Crippen molar-refractivity contribution in [3.8, 4) is 5.75 Å². The van der Waals surface area contributed by atoms with Crippen molar-refractivity contribution in [1.29, 1.82) is 0 Å². The van der Waals surface area contributed by atoms with Crippen LogP contribution >= 0.6 is 0 Å². The molecule has 0 bridgehead atoms. The molecule has 0 amide bonds. The number of nitrogens with zero attached hydrogens (tertiary/aromatic N) is 1. The molecular formula is C22H25NO6S. The normalized spacial score (nSPS) is 11.5. The van der Waals surface area contributed by atoms with E-state index < -0.39 is 21.7 Å². The monoisotopic (exact) mass is 431 g/mol. The van der Waals surface area contributed by atoms with Crippen molar-refractivity contribution in [2.24, 2.45) is 0 Å². The van der Waals surface area contributed by atoms with Gasteiger partial charge in [0.15, 0.2) is 0 Å².